The van der Waals surface area contributed by atoms with Crippen molar-refractivity contribution in [2.75, 3.05) is 25.4 Å². The third kappa shape index (κ3) is 3.25. The minimum absolute atomic E-state index is 0.154. The van der Waals surface area contributed by atoms with Crippen LogP contribution in [0.1, 0.15) is 13.8 Å². The monoisotopic (exact) mass is 354 g/mol. The molecule has 0 saturated carbocycles. The number of ether oxygens (including phenoxy) is 1. The van der Waals surface area contributed by atoms with Crippen LogP contribution < -0.4 is 9.46 Å². The Balaban J connectivity index is 2.32. The zero-order valence-corrected chi connectivity index (χ0v) is 14.8. The molecule has 0 aliphatic carbocycles. The second kappa shape index (κ2) is 6.60. The van der Waals surface area contributed by atoms with Crippen LogP contribution in [0.2, 0.25) is 0 Å². The Bertz CT molecular complexity index is 799. The van der Waals surface area contributed by atoms with Gasteiger partial charge in [0.05, 0.1) is 20.7 Å². The Labute approximate surface area is 140 Å². The molecule has 1 unspecified atom stereocenters. The van der Waals surface area contributed by atoms with Crippen LogP contribution in [0.4, 0.5) is 10.5 Å². The molecular weight excluding hydrogens is 334 g/mol. The molecule has 1 heterocycles. The fourth-order valence-electron chi connectivity index (χ4n) is 2.37. The molecule has 8 nitrogen and oxygen atoms in total. The van der Waals surface area contributed by atoms with Gasteiger partial charge in [0, 0.05) is 5.69 Å². The molecule has 0 fully saturated rings. The van der Waals surface area contributed by atoms with Crippen molar-refractivity contribution in [3.8, 4) is 5.75 Å². The first-order chi connectivity index (χ1) is 11.2. The summed E-state index contributed by atoms with van der Waals surface area (Å²) in [6.07, 6.45) is 0. The predicted octanol–water partition coefficient (Wildman–Crippen LogP) is 0.891. The van der Waals surface area contributed by atoms with Gasteiger partial charge in [-0.25, -0.2) is 13.2 Å². The van der Waals surface area contributed by atoms with Crippen molar-refractivity contribution in [2.24, 2.45) is 0 Å². The largest absolute Gasteiger partial charge is 0.500 e. The average molecular weight is 354 g/mol. The van der Waals surface area contributed by atoms with Crippen molar-refractivity contribution in [1.82, 2.24) is 4.90 Å². The third-order valence-electron chi connectivity index (χ3n) is 3.77. The standard InChI is InChI=1S/C15H20N3O5S/c1-5-23-12-8-6-11(7-9-12)16-24(21,22)13-10(2)17(3)15(20)18(4)14(13)19/h6-9,13,16H,5H2,1-4H3/q+1. The van der Waals surface area contributed by atoms with Crippen LogP contribution >= 0.6 is 0 Å². The highest BCUT2D eigenvalue weighted by Gasteiger charge is 2.50. The van der Waals surface area contributed by atoms with Gasteiger partial charge in [0.25, 0.3) is 10.0 Å². The van der Waals surface area contributed by atoms with Gasteiger partial charge in [0.2, 0.25) is 5.25 Å². The number of amides is 3. The van der Waals surface area contributed by atoms with Crippen LogP contribution in [0.3, 0.4) is 0 Å². The summed E-state index contributed by atoms with van der Waals surface area (Å²) >= 11 is 0. The van der Waals surface area contributed by atoms with Crippen molar-refractivity contribution in [3.05, 3.63) is 24.3 Å². The quantitative estimate of drug-likeness (QED) is 0.792. The molecule has 1 N–H and O–H groups in total. The molecule has 2 rings (SSSR count). The molecule has 1 aliphatic rings. The van der Waals surface area contributed by atoms with Crippen molar-refractivity contribution in [1.29, 1.82) is 0 Å². The highest BCUT2D eigenvalue weighted by Crippen LogP contribution is 2.20. The van der Waals surface area contributed by atoms with E-state index in [0.29, 0.717) is 18.0 Å². The second-order valence-corrected chi connectivity index (χ2v) is 7.13. The topological polar surface area (TPSA) is 95.8 Å². The number of hydrogen-bond donors (Lipinski definition) is 1. The molecule has 130 valence electrons. The van der Waals surface area contributed by atoms with E-state index in [9.17, 15) is 18.0 Å². The van der Waals surface area contributed by atoms with E-state index >= 15 is 0 Å². The summed E-state index contributed by atoms with van der Waals surface area (Å²) < 4.78 is 34.1. The van der Waals surface area contributed by atoms with E-state index in [1.54, 1.807) is 24.3 Å². The van der Waals surface area contributed by atoms with Gasteiger partial charge in [-0.2, -0.15) is 14.3 Å². The van der Waals surface area contributed by atoms with Crippen LogP contribution in [-0.4, -0.2) is 61.5 Å². The number of hydrogen-bond acceptors (Lipinski definition) is 5. The van der Waals surface area contributed by atoms with Crippen LogP contribution in [0.25, 0.3) is 0 Å². The number of carbonyl (C=O) groups excluding carboxylic acids is 2. The molecule has 0 spiro atoms. The van der Waals surface area contributed by atoms with E-state index in [1.165, 1.54) is 21.0 Å². The molecule has 24 heavy (non-hydrogen) atoms. The van der Waals surface area contributed by atoms with E-state index in [0.717, 1.165) is 9.48 Å². The summed E-state index contributed by atoms with van der Waals surface area (Å²) in [5.74, 6) is -0.170. The third-order valence-corrected chi connectivity index (χ3v) is 5.46. The lowest BCUT2D eigenvalue weighted by Gasteiger charge is -2.23. The molecule has 1 aromatic carbocycles. The van der Waals surface area contributed by atoms with Crippen LogP contribution in [-0.2, 0) is 14.8 Å². The fraction of sp³-hybridized carbons (Fsp3) is 0.400. The fourth-order valence-corrected chi connectivity index (χ4v) is 3.98. The highest BCUT2D eigenvalue weighted by molar-refractivity contribution is 7.94. The maximum Gasteiger partial charge on any atom is 0.500 e. The first-order valence-electron chi connectivity index (χ1n) is 7.32. The van der Waals surface area contributed by atoms with Gasteiger partial charge in [-0.3, -0.25) is 4.72 Å². The Hall–Kier alpha value is -2.42. The Kier molecular flexibility index (Phi) is 4.93. The molecule has 3 amide bonds. The lowest BCUT2D eigenvalue weighted by molar-refractivity contribution is -0.405. The molecule has 1 aliphatic heterocycles. The number of carbonyl (C=O) groups is 2. The minimum Gasteiger partial charge on any atom is -0.494 e. The van der Waals surface area contributed by atoms with E-state index < -0.39 is 27.2 Å². The lowest BCUT2D eigenvalue weighted by Crippen LogP contribution is -2.57. The maximum absolute atomic E-state index is 12.6. The molecule has 1 aromatic rings. The number of anilines is 1. The normalized spacial score (nSPS) is 18.8. The number of rotatable bonds is 5. The summed E-state index contributed by atoms with van der Waals surface area (Å²) in [6, 6.07) is 5.78. The lowest BCUT2D eigenvalue weighted by atomic mass is 10.2. The molecule has 0 saturated heterocycles. The Morgan fingerprint density at radius 2 is 1.83 bits per heavy atom. The van der Waals surface area contributed by atoms with E-state index in [-0.39, 0.29) is 5.71 Å². The van der Waals surface area contributed by atoms with Crippen molar-refractivity contribution < 1.29 is 27.3 Å². The van der Waals surface area contributed by atoms with Gasteiger partial charge >= 0.3 is 11.9 Å². The molecule has 0 aromatic heterocycles. The molecule has 0 radical (unpaired) electrons. The Morgan fingerprint density at radius 3 is 2.38 bits per heavy atom. The number of nitrogens with one attached hydrogen (secondary N) is 1. The predicted molar refractivity (Wildman–Crippen MR) is 89.0 cm³/mol. The van der Waals surface area contributed by atoms with Gasteiger partial charge in [-0.1, -0.05) is 0 Å². The van der Waals surface area contributed by atoms with Crippen molar-refractivity contribution in [2.45, 2.75) is 19.1 Å². The maximum atomic E-state index is 12.6. The smallest absolute Gasteiger partial charge is 0.494 e. The average Bonchev–Trinajstić information content (AvgIpc) is 2.53. The first kappa shape index (κ1) is 17.9. The van der Waals surface area contributed by atoms with Gasteiger partial charge in [-0.05, 0) is 38.1 Å². The van der Waals surface area contributed by atoms with E-state index in [2.05, 4.69) is 4.72 Å². The van der Waals surface area contributed by atoms with Gasteiger partial charge < -0.3 is 4.74 Å². The van der Waals surface area contributed by atoms with Gasteiger partial charge in [-0.15, -0.1) is 0 Å². The second-order valence-electron chi connectivity index (χ2n) is 5.36. The molecular formula is C15H20N3O5S+. The van der Waals surface area contributed by atoms with Gasteiger partial charge in [0.1, 0.15) is 11.5 Å². The minimum atomic E-state index is -4.06. The Morgan fingerprint density at radius 1 is 1.25 bits per heavy atom. The number of urea groups is 1. The number of benzene rings is 1. The number of imide groups is 1. The summed E-state index contributed by atoms with van der Waals surface area (Å²) in [4.78, 5) is 24.9. The van der Waals surface area contributed by atoms with Crippen molar-refractivity contribution >= 4 is 33.4 Å². The summed E-state index contributed by atoms with van der Waals surface area (Å²) in [5, 5.41) is -1.46. The highest BCUT2D eigenvalue weighted by atomic mass is 32.2. The van der Waals surface area contributed by atoms with E-state index in [4.69, 9.17) is 4.74 Å². The summed E-state index contributed by atoms with van der Waals surface area (Å²) in [6.45, 7) is 3.80. The van der Waals surface area contributed by atoms with Gasteiger partial charge in [0.15, 0.2) is 0 Å². The number of sulfonamides is 1. The zero-order chi connectivity index (χ0) is 18.1. The van der Waals surface area contributed by atoms with Crippen LogP contribution in [0.5, 0.6) is 5.75 Å². The molecule has 0 bridgehead atoms. The summed E-state index contributed by atoms with van der Waals surface area (Å²) in [7, 11) is -1.37. The van der Waals surface area contributed by atoms with Crippen LogP contribution in [0.15, 0.2) is 24.3 Å². The van der Waals surface area contributed by atoms with E-state index in [1.807, 2.05) is 6.92 Å². The van der Waals surface area contributed by atoms with Crippen molar-refractivity contribution in [3.63, 3.8) is 0 Å². The van der Waals surface area contributed by atoms with Crippen LogP contribution in [0, 0.1) is 0 Å². The molecule has 9 heteroatoms. The molecule has 1 atom stereocenters. The zero-order valence-electron chi connectivity index (χ0n) is 13.9. The first-order valence-corrected chi connectivity index (χ1v) is 8.87. The summed E-state index contributed by atoms with van der Waals surface area (Å²) in [5.41, 5.74) is 0.461. The number of nitrogens with zero attached hydrogens (tertiary/aromatic N) is 2. The SMILES string of the molecule is CCOc1ccc(NS(=O)(=O)C2C(=O)N(C)C(=O)[N+](C)=C2C)cc1.